The maximum Gasteiger partial charge on any atom is 0.170 e. The summed E-state index contributed by atoms with van der Waals surface area (Å²) in [6, 6.07) is 20.4. The first-order chi connectivity index (χ1) is 13.1. The van der Waals surface area contributed by atoms with Crippen molar-refractivity contribution in [3.8, 4) is 0 Å². The van der Waals surface area contributed by atoms with Gasteiger partial charge in [-0.2, -0.15) is 0 Å². The molecule has 27 heavy (non-hydrogen) atoms. The topological polar surface area (TPSA) is 41.3 Å². The normalized spacial score (nSPS) is 19.5. The van der Waals surface area contributed by atoms with Gasteiger partial charge in [-0.25, -0.2) is 0 Å². The highest BCUT2D eigenvalue weighted by Crippen LogP contribution is 2.42. The molecule has 1 aliphatic rings. The Morgan fingerprint density at radius 2 is 1.85 bits per heavy atom. The van der Waals surface area contributed by atoms with E-state index in [4.69, 9.17) is 16.6 Å². The SMILES string of the molecule is CC(C)N1C(=S)NC(c2ccccn2)C1c1ccc(Sc2ccccc2)o1. The van der Waals surface area contributed by atoms with E-state index in [-0.39, 0.29) is 18.1 Å². The number of thiocarbonyl (C=S) groups is 1. The third-order valence-electron chi connectivity index (χ3n) is 4.55. The van der Waals surface area contributed by atoms with E-state index in [0.717, 1.165) is 26.6 Å². The average molecular weight is 396 g/mol. The van der Waals surface area contributed by atoms with Crippen LogP contribution in [-0.4, -0.2) is 21.0 Å². The molecule has 2 atom stereocenters. The third kappa shape index (κ3) is 3.73. The van der Waals surface area contributed by atoms with Crippen molar-refractivity contribution in [3.63, 3.8) is 0 Å². The molecule has 0 radical (unpaired) electrons. The molecular formula is C21H21N3OS2. The van der Waals surface area contributed by atoms with Crippen LogP contribution in [0.3, 0.4) is 0 Å². The Morgan fingerprint density at radius 3 is 2.56 bits per heavy atom. The van der Waals surface area contributed by atoms with Crippen molar-refractivity contribution in [1.82, 2.24) is 15.2 Å². The third-order valence-corrected chi connectivity index (χ3v) is 5.80. The molecule has 0 bridgehead atoms. The number of pyridine rings is 1. The predicted octanol–water partition coefficient (Wildman–Crippen LogP) is 5.21. The largest absolute Gasteiger partial charge is 0.452 e. The monoisotopic (exact) mass is 395 g/mol. The van der Waals surface area contributed by atoms with Gasteiger partial charge in [-0.15, -0.1) is 0 Å². The first-order valence-corrected chi connectivity index (χ1v) is 10.2. The van der Waals surface area contributed by atoms with Gasteiger partial charge in [0.15, 0.2) is 10.2 Å². The van der Waals surface area contributed by atoms with Crippen LogP contribution in [0.15, 0.2) is 81.3 Å². The Labute approximate surface area is 169 Å². The summed E-state index contributed by atoms with van der Waals surface area (Å²) in [6.07, 6.45) is 1.81. The lowest BCUT2D eigenvalue weighted by atomic mass is 10.0. The second-order valence-corrected chi connectivity index (χ2v) is 8.16. The standard InChI is InChI=1S/C21H21N3OS2/c1-14(2)24-20(19(23-21(24)26)16-10-6-7-13-22-16)17-11-12-18(25-17)27-15-8-4-3-5-9-15/h3-14,19-20H,1-2H3,(H,23,26). The number of nitrogens with zero attached hydrogens (tertiary/aromatic N) is 2. The lowest BCUT2D eigenvalue weighted by molar-refractivity contribution is 0.227. The van der Waals surface area contributed by atoms with Crippen molar-refractivity contribution in [1.29, 1.82) is 0 Å². The first kappa shape index (κ1) is 18.1. The van der Waals surface area contributed by atoms with Crippen LogP contribution >= 0.6 is 24.0 Å². The molecule has 3 heterocycles. The van der Waals surface area contributed by atoms with Crippen molar-refractivity contribution < 1.29 is 4.42 Å². The fourth-order valence-electron chi connectivity index (χ4n) is 3.38. The summed E-state index contributed by atoms with van der Waals surface area (Å²) in [5.74, 6) is 0.894. The molecule has 0 saturated carbocycles. The van der Waals surface area contributed by atoms with Crippen LogP contribution in [0.25, 0.3) is 0 Å². The quantitative estimate of drug-likeness (QED) is 0.598. The number of hydrogen-bond donors (Lipinski definition) is 1. The van der Waals surface area contributed by atoms with Gasteiger partial charge in [0.2, 0.25) is 0 Å². The summed E-state index contributed by atoms with van der Waals surface area (Å²) >= 11 is 7.24. The Hall–Kier alpha value is -2.31. The summed E-state index contributed by atoms with van der Waals surface area (Å²) in [7, 11) is 0. The minimum atomic E-state index is -0.0400. The molecule has 0 amide bonds. The minimum absolute atomic E-state index is 0.0301. The van der Waals surface area contributed by atoms with E-state index in [1.807, 2.05) is 48.7 Å². The zero-order valence-corrected chi connectivity index (χ0v) is 16.8. The summed E-state index contributed by atoms with van der Waals surface area (Å²) < 4.78 is 6.25. The van der Waals surface area contributed by atoms with Crippen LogP contribution in [0, 0.1) is 0 Å². The van der Waals surface area contributed by atoms with Gasteiger partial charge in [0.25, 0.3) is 0 Å². The zero-order chi connectivity index (χ0) is 18.8. The van der Waals surface area contributed by atoms with Crippen LogP contribution in [0.5, 0.6) is 0 Å². The highest BCUT2D eigenvalue weighted by Gasteiger charge is 2.42. The Kier molecular flexibility index (Phi) is 5.18. The second kappa shape index (κ2) is 7.74. The fraction of sp³-hybridized carbons (Fsp3) is 0.238. The van der Waals surface area contributed by atoms with Gasteiger partial charge in [-0.1, -0.05) is 36.0 Å². The van der Waals surface area contributed by atoms with Crippen molar-refractivity contribution in [2.45, 2.75) is 42.0 Å². The van der Waals surface area contributed by atoms with Crippen LogP contribution in [0.2, 0.25) is 0 Å². The van der Waals surface area contributed by atoms with E-state index in [1.165, 1.54) is 0 Å². The van der Waals surface area contributed by atoms with Gasteiger partial charge in [0.1, 0.15) is 11.8 Å². The maximum absolute atomic E-state index is 6.25. The average Bonchev–Trinajstić information content (AvgIpc) is 3.27. The molecule has 2 unspecified atom stereocenters. The molecule has 4 rings (SSSR count). The maximum atomic E-state index is 6.25. The van der Waals surface area contributed by atoms with Gasteiger partial charge < -0.3 is 14.6 Å². The van der Waals surface area contributed by atoms with Crippen molar-refractivity contribution >= 4 is 29.1 Å². The second-order valence-electron chi connectivity index (χ2n) is 6.70. The molecule has 138 valence electrons. The lowest BCUT2D eigenvalue weighted by Gasteiger charge is -2.29. The van der Waals surface area contributed by atoms with Gasteiger partial charge in [0.05, 0.1) is 11.7 Å². The van der Waals surface area contributed by atoms with Crippen LogP contribution in [0.1, 0.15) is 37.4 Å². The number of nitrogens with one attached hydrogen (secondary N) is 1. The summed E-state index contributed by atoms with van der Waals surface area (Å²) in [4.78, 5) is 7.90. The Morgan fingerprint density at radius 1 is 1.07 bits per heavy atom. The molecule has 3 aromatic rings. The van der Waals surface area contributed by atoms with E-state index in [2.05, 4.69) is 47.2 Å². The number of furan rings is 1. The van der Waals surface area contributed by atoms with Crippen LogP contribution < -0.4 is 5.32 Å². The first-order valence-electron chi connectivity index (χ1n) is 8.96. The smallest absolute Gasteiger partial charge is 0.170 e. The molecule has 1 aliphatic heterocycles. The number of hydrogen-bond acceptors (Lipinski definition) is 4. The van der Waals surface area contributed by atoms with E-state index >= 15 is 0 Å². The lowest BCUT2D eigenvalue weighted by Crippen LogP contribution is -2.35. The van der Waals surface area contributed by atoms with E-state index in [1.54, 1.807) is 11.8 Å². The molecule has 4 nitrogen and oxygen atoms in total. The summed E-state index contributed by atoms with van der Waals surface area (Å²) in [5, 5.41) is 5.05. The number of aromatic nitrogens is 1. The van der Waals surface area contributed by atoms with E-state index in [0.29, 0.717) is 0 Å². The fourth-order valence-corrected chi connectivity index (χ4v) is 4.63. The zero-order valence-electron chi connectivity index (χ0n) is 15.2. The molecule has 1 N–H and O–H groups in total. The highest BCUT2D eigenvalue weighted by atomic mass is 32.2. The Bertz CT molecular complexity index is 911. The van der Waals surface area contributed by atoms with Gasteiger partial charge in [-0.05, 0) is 62.5 Å². The van der Waals surface area contributed by atoms with Gasteiger partial charge in [0, 0.05) is 17.1 Å². The molecule has 1 saturated heterocycles. The molecule has 1 aromatic carbocycles. The summed E-state index contributed by atoms with van der Waals surface area (Å²) in [5.41, 5.74) is 0.960. The molecule has 0 aliphatic carbocycles. The van der Waals surface area contributed by atoms with Crippen LogP contribution in [-0.2, 0) is 0 Å². The number of rotatable bonds is 5. The number of benzene rings is 1. The molecule has 1 fully saturated rings. The van der Waals surface area contributed by atoms with Gasteiger partial charge >= 0.3 is 0 Å². The predicted molar refractivity (Wildman–Crippen MR) is 112 cm³/mol. The Balaban J connectivity index is 1.66. The van der Waals surface area contributed by atoms with Crippen molar-refractivity contribution in [2.75, 3.05) is 0 Å². The summed E-state index contributed by atoms with van der Waals surface area (Å²) in [6.45, 7) is 4.29. The van der Waals surface area contributed by atoms with Crippen molar-refractivity contribution in [2.24, 2.45) is 0 Å². The molecular weight excluding hydrogens is 374 g/mol. The minimum Gasteiger partial charge on any atom is -0.452 e. The van der Waals surface area contributed by atoms with Gasteiger partial charge in [-0.3, -0.25) is 4.98 Å². The van der Waals surface area contributed by atoms with E-state index < -0.39 is 0 Å². The van der Waals surface area contributed by atoms with Crippen molar-refractivity contribution in [3.05, 3.63) is 78.3 Å². The van der Waals surface area contributed by atoms with E-state index in [9.17, 15) is 0 Å². The molecule has 0 spiro atoms. The highest BCUT2D eigenvalue weighted by molar-refractivity contribution is 7.99. The molecule has 2 aromatic heterocycles. The molecule has 6 heteroatoms. The van der Waals surface area contributed by atoms with Crippen LogP contribution in [0.4, 0.5) is 0 Å².